The molecule has 1 aromatic carbocycles. The maximum atomic E-state index is 12.8. The molecule has 0 N–H and O–H groups in total. The minimum absolute atomic E-state index is 0.108. The number of piperazine rings is 1. The number of para-hydroxylation sites is 1. The molecule has 0 unspecified atom stereocenters. The number of hydrogen-bond donors (Lipinski definition) is 0. The molecule has 4 rings (SSSR count). The number of hydrogen-bond acceptors (Lipinski definition) is 5. The molecule has 30 heavy (non-hydrogen) atoms. The molecule has 2 atom stereocenters. The second-order valence-electron chi connectivity index (χ2n) is 8.27. The van der Waals surface area contributed by atoms with Crippen molar-refractivity contribution in [2.75, 3.05) is 31.1 Å². The van der Waals surface area contributed by atoms with Crippen LogP contribution < -0.4 is 4.90 Å². The molecule has 1 aliphatic heterocycles. The number of anilines is 1. The fraction of sp³-hybridized carbons (Fsp3) is 0.500. The molecular weight excluding hydrogens is 396 g/mol. The number of carbonyl (C=O) groups excluding carboxylic acids is 2. The number of ether oxygens (including phenoxy) is 1. The molecule has 1 aliphatic carbocycles. The summed E-state index contributed by atoms with van der Waals surface area (Å²) in [4.78, 5) is 31.5. The van der Waals surface area contributed by atoms with Crippen LogP contribution in [0.5, 0.6) is 0 Å². The van der Waals surface area contributed by atoms with Gasteiger partial charge in [-0.2, -0.15) is 0 Å². The van der Waals surface area contributed by atoms with E-state index in [1.54, 1.807) is 6.92 Å². The summed E-state index contributed by atoms with van der Waals surface area (Å²) in [6.45, 7) is 6.76. The van der Waals surface area contributed by atoms with Crippen LogP contribution in [0.2, 0.25) is 0 Å². The smallest absolute Gasteiger partial charge is 0.349 e. The van der Waals surface area contributed by atoms with Gasteiger partial charge in [0.25, 0.3) is 5.91 Å². The van der Waals surface area contributed by atoms with Crippen molar-refractivity contribution in [3.63, 3.8) is 0 Å². The van der Waals surface area contributed by atoms with E-state index >= 15 is 0 Å². The molecule has 2 aromatic rings. The lowest BCUT2D eigenvalue weighted by molar-refractivity contribution is -0.140. The highest BCUT2D eigenvalue weighted by Gasteiger charge is 2.29. The van der Waals surface area contributed by atoms with Crippen LogP contribution in [0.4, 0.5) is 5.69 Å². The number of benzene rings is 1. The Bertz CT molecular complexity index is 887. The Labute approximate surface area is 182 Å². The lowest BCUT2D eigenvalue weighted by atomic mass is 9.87. The quantitative estimate of drug-likeness (QED) is 0.674. The fourth-order valence-corrected chi connectivity index (χ4v) is 5.49. The molecule has 2 heterocycles. The predicted molar refractivity (Wildman–Crippen MR) is 120 cm³/mol. The molecule has 0 bridgehead atoms. The zero-order valence-electron chi connectivity index (χ0n) is 17.8. The molecule has 6 heteroatoms. The first-order valence-electron chi connectivity index (χ1n) is 11.0. The number of thiophene rings is 1. The maximum absolute atomic E-state index is 12.8. The van der Waals surface area contributed by atoms with Gasteiger partial charge in [-0.15, -0.1) is 11.3 Å². The van der Waals surface area contributed by atoms with Gasteiger partial charge in [0.15, 0.2) is 6.10 Å². The van der Waals surface area contributed by atoms with Gasteiger partial charge in [-0.1, -0.05) is 31.5 Å². The Morgan fingerprint density at radius 1 is 1.17 bits per heavy atom. The highest BCUT2D eigenvalue weighted by atomic mass is 32.1. The van der Waals surface area contributed by atoms with Gasteiger partial charge in [-0.25, -0.2) is 4.79 Å². The number of carbonyl (C=O) groups is 2. The molecule has 1 amide bonds. The summed E-state index contributed by atoms with van der Waals surface area (Å²) in [6, 6.07) is 12.2. The van der Waals surface area contributed by atoms with Gasteiger partial charge >= 0.3 is 5.97 Å². The van der Waals surface area contributed by atoms with Crippen LogP contribution in [0, 0.1) is 5.92 Å². The Morgan fingerprint density at radius 2 is 1.90 bits per heavy atom. The summed E-state index contributed by atoms with van der Waals surface area (Å²) >= 11 is 1.54. The summed E-state index contributed by atoms with van der Waals surface area (Å²) in [6.07, 6.45) is 3.71. The lowest BCUT2D eigenvalue weighted by Gasteiger charge is -2.37. The number of nitrogens with zero attached hydrogens (tertiary/aromatic N) is 2. The molecular formula is C24H30N2O3S. The zero-order valence-corrected chi connectivity index (χ0v) is 18.6. The zero-order chi connectivity index (χ0) is 21.1. The van der Waals surface area contributed by atoms with Crippen molar-refractivity contribution in [1.82, 2.24) is 4.90 Å². The van der Waals surface area contributed by atoms with E-state index in [1.165, 1.54) is 40.3 Å². The average molecular weight is 427 g/mol. The van der Waals surface area contributed by atoms with E-state index in [2.05, 4.69) is 24.0 Å². The summed E-state index contributed by atoms with van der Waals surface area (Å²) in [7, 11) is 0. The molecule has 0 saturated carbocycles. The van der Waals surface area contributed by atoms with Crippen LogP contribution >= 0.6 is 11.3 Å². The summed E-state index contributed by atoms with van der Waals surface area (Å²) in [5.41, 5.74) is 2.47. The third kappa shape index (κ3) is 4.53. The topological polar surface area (TPSA) is 49.9 Å². The second kappa shape index (κ2) is 9.21. The van der Waals surface area contributed by atoms with E-state index < -0.39 is 6.10 Å². The molecule has 5 nitrogen and oxygen atoms in total. The van der Waals surface area contributed by atoms with Crippen molar-refractivity contribution in [2.45, 2.75) is 45.6 Å². The van der Waals surface area contributed by atoms with Crippen molar-refractivity contribution in [1.29, 1.82) is 0 Å². The molecule has 0 spiro atoms. The number of rotatable bonds is 5. The first-order valence-corrected chi connectivity index (χ1v) is 11.8. The molecule has 160 valence electrons. The van der Waals surface area contributed by atoms with Gasteiger partial charge in [0.2, 0.25) is 0 Å². The monoisotopic (exact) mass is 426 g/mol. The van der Waals surface area contributed by atoms with E-state index in [1.807, 2.05) is 29.2 Å². The fourth-order valence-electron chi connectivity index (χ4n) is 4.40. The van der Waals surface area contributed by atoms with Crippen LogP contribution in [0.1, 0.15) is 46.8 Å². The molecule has 1 fully saturated rings. The van der Waals surface area contributed by atoms with Crippen LogP contribution in [0.15, 0.2) is 36.4 Å². The molecule has 1 saturated heterocycles. The molecule has 0 radical (unpaired) electrons. The van der Waals surface area contributed by atoms with Crippen molar-refractivity contribution >= 4 is 28.9 Å². The minimum Gasteiger partial charge on any atom is -0.448 e. The summed E-state index contributed by atoms with van der Waals surface area (Å²) in [5, 5.41) is 0. The van der Waals surface area contributed by atoms with Crippen LogP contribution in [0.3, 0.4) is 0 Å². The second-order valence-corrected chi connectivity index (χ2v) is 9.41. The lowest BCUT2D eigenvalue weighted by Crippen LogP contribution is -2.51. The van der Waals surface area contributed by atoms with Gasteiger partial charge in [0.1, 0.15) is 4.88 Å². The van der Waals surface area contributed by atoms with E-state index in [9.17, 15) is 9.59 Å². The largest absolute Gasteiger partial charge is 0.448 e. The number of esters is 1. The minimum atomic E-state index is -0.761. The van der Waals surface area contributed by atoms with Crippen molar-refractivity contribution < 1.29 is 14.3 Å². The van der Waals surface area contributed by atoms with Gasteiger partial charge in [-0.05, 0) is 55.9 Å². The van der Waals surface area contributed by atoms with Gasteiger partial charge in [-0.3, -0.25) is 4.79 Å². The van der Waals surface area contributed by atoms with Crippen molar-refractivity contribution in [3.8, 4) is 0 Å². The predicted octanol–water partition coefficient (Wildman–Crippen LogP) is 4.16. The number of fused-ring (bicyclic) bond motifs is 1. The number of aryl methyl sites for hydroxylation is 1. The molecule has 1 aromatic heterocycles. The average Bonchev–Trinajstić information content (AvgIpc) is 3.22. The van der Waals surface area contributed by atoms with Crippen LogP contribution in [0.25, 0.3) is 0 Å². The number of amides is 1. The van der Waals surface area contributed by atoms with E-state index in [0.717, 1.165) is 25.9 Å². The Kier molecular flexibility index (Phi) is 6.42. The first-order chi connectivity index (χ1) is 14.5. The van der Waals surface area contributed by atoms with Crippen LogP contribution in [-0.4, -0.2) is 49.1 Å². The molecule has 2 aliphatic rings. The Hall–Kier alpha value is -2.34. The van der Waals surface area contributed by atoms with E-state index in [-0.39, 0.29) is 11.9 Å². The SMILES string of the molecule is CC[C@@H]1CCc2sc(C(=O)O[C@@H](C)C(=O)N3CCN(c4ccccc4)CC3)cc2C1. The van der Waals surface area contributed by atoms with Crippen molar-refractivity contribution in [2.24, 2.45) is 5.92 Å². The standard InChI is InChI=1S/C24H30N2O3S/c1-3-18-9-10-21-19(15-18)16-22(30-21)24(28)29-17(2)23(27)26-13-11-25(12-14-26)20-7-5-4-6-8-20/h4-8,16-18H,3,9-15H2,1-2H3/t17-,18+/m0/s1. The Morgan fingerprint density at radius 3 is 2.60 bits per heavy atom. The van der Waals surface area contributed by atoms with Gasteiger partial charge in [0.05, 0.1) is 0 Å². The third-order valence-corrected chi connectivity index (χ3v) is 7.52. The van der Waals surface area contributed by atoms with Gasteiger partial charge in [0, 0.05) is 36.7 Å². The van der Waals surface area contributed by atoms with E-state index in [0.29, 0.717) is 23.9 Å². The summed E-state index contributed by atoms with van der Waals surface area (Å²) < 4.78 is 5.56. The third-order valence-electron chi connectivity index (χ3n) is 6.31. The van der Waals surface area contributed by atoms with Crippen molar-refractivity contribution in [3.05, 3.63) is 51.7 Å². The van der Waals surface area contributed by atoms with Gasteiger partial charge < -0.3 is 14.5 Å². The highest BCUT2D eigenvalue weighted by Crippen LogP contribution is 2.34. The highest BCUT2D eigenvalue weighted by molar-refractivity contribution is 7.14. The van der Waals surface area contributed by atoms with E-state index in [4.69, 9.17) is 4.74 Å². The summed E-state index contributed by atoms with van der Waals surface area (Å²) in [5.74, 6) is 0.237. The maximum Gasteiger partial charge on any atom is 0.349 e. The van der Waals surface area contributed by atoms with Crippen LogP contribution in [-0.2, 0) is 22.4 Å². The Balaban J connectivity index is 1.31. The first kappa shape index (κ1) is 20.9. The normalized spacial score (nSPS) is 19.9.